The number of ether oxygens (including phenoxy) is 2. The molecule has 0 radical (unpaired) electrons. The molecule has 8 nitrogen and oxygen atoms in total. The maximum atomic E-state index is 12.0. The third-order valence-corrected chi connectivity index (χ3v) is 7.10. The molecule has 1 aromatic heterocycles. The van der Waals surface area contributed by atoms with Crippen LogP contribution >= 0.6 is 12.8 Å². The molecule has 3 fully saturated rings. The zero-order valence-electron chi connectivity index (χ0n) is 17.6. The number of piperidine rings is 1. The molecule has 0 unspecified atom stereocenters. The number of rotatable bonds is 5. The van der Waals surface area contributed by atoms with Crippen LogP contribution in [-0.2, 0) is 22.4 Å². The summed E-state index contributed by atoms with van der Waals surface area (Å²) in [7, 11) is 0. The van der Waals surface area contributed by atoms with Crippen molar-refractivity contribution in [3.8, 4) is 0 Å². The molecule has 30 heavy (non-hydrogen) atoms. The Morgan fingerprint density at radius 3 is 2.77 bits per heavy atom. The smallest absolute Gasteiger partial charge is 0.410 e. The van der Waals surface area contributed by atoms with Gasteiger partial charge in [-0.3, -0.25) is 0 Å². The van der Waals surface area contributed by atoms with E-state index in [1.807, 2.05) is 17.4 Å². The summed E-state index contributed by atoms with van der Waals surface area (Å²) in [6, 6.07) is 0. The van der Waals surface area contributed by atoms with Gasteiger partial charge in [0.2, 0.25) is 5.95 Å². The number of carbonyl (C=O) groups is 1. The number of amides is 1. The van der Waals surface area contributed by atoms with Gasteiger partial charge in [-0.1, -0.05) is 12.8 Å². The second-order valence-corrected chi connectivity index (χ2v) is 9.95. The van der Waals surface area contributed by atoms with Gasteiger partial charge < -0.3 is 19.3 Å². The average Bonchev–Trinajstić information content (AvgIpc) is 3.43. The van der Waals surface area contributed by atoms with E-state index in [-0.39, 0.29) is 17.8 Å². The van der Waals surface area contributed by atoms with E-state index < -0.39 is 0 Å². The van der Waals surface area contributed by atoms with Gasteiger partial charge in [-0.05, 0) is 38.5 Å². The van der Waals surface area contributed by atoms with Crippen molar-refractivity contribution in [3.05, 3.63) is 17.5 Å². The highest BCUT2D eigenvalue weighted by atomic mass is 32.1. The third kappa shape index (κ3) is 4.53. The Kier molecular flexibility index (Phi) is 5.53. The van der Waals surface area contributed by atoms with Crippen molar-refractivity contribution in [1.82, 2.24) is 19.2 Å². The largest absolute Gasteiger partial charge is 0.443 e. The van der Waals surface area contributed by atoms with Gasteiger partial charge in [0.1, 0.15) is 5.60 Å². The van der Waals surface area contributed by atoms with Gasteiger partial charge in [0, 0.05) is 44.4 Å². The van der Waals surface area contributed by atoms with Crippen LogP contribution in [0.5, 0.6) is 0 Å². The second kappa shape index (κ2) is 8.16. The molecule has 164 valence electrons. The van der Waals surface area contributed by atoms with Crippen molar-refractivity contribution in [2.75, 3.05) is 44.2 Å². The number of likely N-dealkylation sites (tertiary alicyclic amines) is 1. The lowest BCUT2D eigenvalue weighted by molar-refractivity contribution is -0.0677. The Bertz CT molecular complexity index is 791. The maximum Gasteiger partial charge on any atom is 0.410 e. The molecule has 9 heteroatoms. The summed E-state index contributed by atoms with van der Waals surface area (Å²) in [6.45, 7) is 7.74. The molecule has 1 aliphatic carbocycles. The van der Waals surface area contributed by atoms with Crippen molar-refractivity contribution in [1.29, 1.82) is 0 Å². The first-order chi connectivity index (χ1) is 14.5. The van der Waals surface area contributed by atoms with Gasteiger partial charge in [0.25, 0.3) is 0 Å². The lowest BCUT2D eigenvalue weighted by Crippen LogP contribution is -2.55. The van der Waals surface area contributed by atoms with E-state index in [0.717, 1.165) is 70.8 Å². The third-order valence-electron chi connectivity index (χ3n) is 6.76. The lowest BCUT2D eigenvalue weighted by atomic mass is 9.98. The predicted octanol–water partition coefficient (Wildman–Crippen LogP) is 2.29. The van der Waals surface area contributed by atoms with E-state index >= 15 is 0 Å². The fourth-order valence-corrected chi connectivity index (χ4v) is 4.51. The summed E-state index contributed by atoms with van der Waals surface area (Å²) in [5, 5.41) is 0. The Hall–Kier alpha value is -1.58. The van der Waals surface area contributed by atoms with Crippen LogP contribution in [-0.4, -0.2) is 76.3 Å². The van der Waals surface area contributed by atoms with Crippen molar-refractivity contribution in [3.63, 3.8) is 0 Å². The fourth-order valence-electron chi connectivity index (χ4n) is 4.26. The van der Waals surface area contributed by atoms with E-state index in [1.165, 1.54) is 11.3 Å². The molecule has 4 heterocycles. The molecule has 4 aliphatic rings. The molecule has 3 aliphatic heterocycles. The van der Waals surface area contributed by atoms with Gasteiger partial charge >= 0.3 is 6.09 Å². The number of fused-ring (bicyclic) bond motifs is 1. The first-order valence-electron chi connectivity index (χ1n) is 11.1. The van der Waals surface area contributed by atoms with E-state index in [4.69, 9.17) is 14.5 Å². The molecule has 0 bridgehead atoms. The number of aromatic nitrogens is 2. The van der Waals surface area contributed by atoms with Crippen molar-refractivity contribution < 1.29 is 14.3 Å². The van der Waals surface area contributed by atoms with Crippen LogP contribution < -0.4 is 4.90 Å². The Balaban J connectivity index is 1.02. The standard InChI is InChI=1S/C21H31N5O3S/c1-21(5-6-21)29-20(27)25-12-17(13-25)28-14-15-2-7-24(8-3-15)19-22-10-16-11-26(30)9-4-18(16)23-19/h10,15,17,30H,2-9,11-14H2,1H3. The van der Waals surface area contributed by atoms with Gasteiger partial charge in [-0.25, -0.2) is 19.1 Å². The summed E-state index contributed by atoms with van der Waals surface area (Å²) in [5.41, 5.74) is 2.15. The molecule has 5 rings (SSSR count). The summed E-state index contributed by atoms with van der Waals surface area (Å²) in [5.74, 6) is 1.42. The molecule has 0 N–H and O–H groups in total. The SMILES string of the molecule is CC1(OC(=O)N2CC(OCC3CCN(c4ncc5c(n4)CCN(S)C5)CC3)C2)CC1. The topological polar surface area (TPSA) is 71.0 Å². The molecule has 0 aromatic carbocycles. The highest BCUT2D eigenvalue weighted by Gasteiger charge is 2.44. The van der Waals surface area contributed by atoms with E-state index in [0.29, 0.717) is 19.0 Å². The van der Waals surface area contributed by atoms with Crippen LogP contribution in [0.3, 0.4) is 0 Å². The van der Waals surface area contributed by atoms with Crippen molar-refractivity contribution in [2.45, 2.75) is 57.3 Å². The zero-order valence-corrected chi connectivity index (χ0v) is 18.5. The first kappa shape index (κ1) is 20.3. The minimum absolute atomic E-state index is 0.151. The van der Waals surface area contributed by atoms with E-state index in [1.54, 1.807) is 4.90 Å². The molecular formula is C21H31N5O3S. The van der Waals surface area contributed by atoms with Gasteiger partial charge in [-0.2, -0.15) is 0 Å². The van der Waals surface area contributed by atoms with Crippen LogP contribution in [0.1, 0.15) is 43.9 Å². The highest BCUT2D eigenvalue weighted by Crippen LogP contribution is 2.39. The number of anilines is 1. The minimum Gasteiger partial charge on any atom is -0.443 e. The number of hydrogen-bond acceptors (Lipinski definition) is 8. The zero-order chi connectivity index (χ0) is 20.7. The molecule has 0 spiro atoms. The molecule has 1 amide bonds. The van der Waals surface area contributed by atoms with Crippen LogP contribution in [0.15, 0.2) is 6.20 Å². The monoisotopic (exact) mass is 433 g/mol. The molecular weight excluding hydrogens is 402 g/mol. The Morgan fingerprint density at radius 1 is 1.27 bits per heavy atom. The maximum absolute atomic E-state index is 12.0. The summed E-state index contributed by atoms with van der Waals surface area (Å²) >= 11 is 4.43. The molecule has 2 saturated heterocycles. The fraction of sp³-hybridized carbons (Fsp3) is 0.762. The number of carbonyl (C=O) groups excluding carboxylic acids is 1. The van der Waals surface area contributed by atoms with Crippen LogP contribution in [0.4, 0.5) is 10.7 Å². The first-order valence-corrected chi connectivity index (χ1v) is 11.5. The summed E-state index contributed by atoms with van der Waals surface area (Å²) in [6.07, 6.45) is 7.00. The summed E-state index contributed by atoms with van der Waals surface area (Å²) in [4.78, 5) is 25.5. The second-order valence-electron chi connectivity index (χ2n) is 9.39. The predicted molar refractivity (Wildman–Crippen MR) is 116 cm³/mol. The number of nitrogens with zero attached hydrogens (tertiary/aromatic N) is 5. The van der Waals surface area contributed by atoms with Gasteiger partial charge in [0.05, 0.1) is 31.5 Å². The van der Waals surface area contributed by atoms with Crippen LogP contribution in [0.2, 0.25) is 0 Å². The number of thiol groups is 1. The lowest BCUT2D eigenvalue weighted by Gasteiger charge is -2.40. The molecule has 1 saturated carbocycles. The van der Waals surface area contributed by atoms with Crippen LogP contribution in [0.25, 0.3) is 0 Å². The van der Waals surface area contributed by atoms with Gasteiger partial charge in [0.15, 0.2) is 0 Å². The van der Waals surface area contributed by atoms with Crippen LogP contribution in [0, 0.1) is 5.92 Å². The summed E-state index contributed by atoms with van der Waals surface area (Å²) < 4.78 is 13.6. The van der Waals surface area contributed by atoms with Crippen molar-refractivity contribution in [2.24, 2.45) is 5.92 Å². The highest BCUT2D eigenvalue weighted by molar-refractivity contribution is 7.77. The van der Waals surface area contributed by atoms with Gasteiger partial charge in [-0.15, -0.1) is 0 Å². The van der Waals surface area contributed by atoms with E-state index in [9.17, 15) is 4.79 Å². The average molecular weight is 434 g/mol. The molecule has 0 atom stereocenters. The normalized spacial score (nSPS) is 24.3. The minimum atomic E-state index is -0.203. The quantitative estimate of drug-likeness (QED) is 0.715. The Labute approximate surface area is 183 Å². The van der Waals surface area contributed by atoms with E-state index in [2.05, 4.69) is 22.7 Å². The molecule has 1 aromatic rings. The van der Waals surface area contributed by atoms with Crippen molar-refractivity contribution >= 4 is 24.9 Å². The Morgan fingerprint density at radius 2 is 2.03 bits per heavy atom. The number of hydrogen-bond donors (Lipinski definition) is 1.